The summed E-state index contributed by atoms with van der Waals surface area (Å²) in [6, 6.07) is 7.49. The van der Waals surface area contributed by atoms with E-state index >= 15 is 0 Å². The third kappa shape index (κ3) is 1.86. The molecule has 0 aliphatic heterocycles. The van der Waals surface area contributed by atoms with Gasteiger partial charge in [0.1, 0.15) is 10.3 Å². The summed E-state index contributed by atoms with van der Waals surface area (Å²) in [6.45, 7) is 1.84. The summed E-state index contributed by atoms with van der Waals surface area (Å²) in [5.74, 6) is 0.523. The molecule has 0 radical (unpaired) electrons. The number of fused-ring (bicyclic) bond motifs is 1. The zero-order valence-corrected chi connectivity index (χ0v) is 10.9. The molecule has 5 heteroatoms. The Balaban J connectivity index is 2.77. The lowest BCUT2D eigenvalue weighted by Gasteiger charge is -1.93. The number of hydrogen-bond donors (Lipinski definition) is 0. The fourth-order valence-corrected chi connectivity index (χ4v) is 4.25. The van der Waals surface area contributed by atoms with Gasteiger partial charge in [-0.25, -0.2) is 0 Å². The molecule has 0 spiro atoms. The maximum atomic E-state index is 11.8. The number of benzene rings is 1. The van der Waals surface area contributed by atoms with Crippen LogP contribution in [0.3, 0.4) is 0 Å². The van der Waals surface area contributed by atoms with Gasteiger partial charge in [-0.2, -0.15) is 5.26 Å². The van der Waals surface area contributed by atoms with E-state index in [1.54, 1.807) is 12.1 Å². The van der Waals surface area contributed by atoms with Gasteiger partial charge in [0, 0.05) is 20.9 Å². The van der Waals surface area contributed by atoms with Crippen molar-refractivity contribution in [1.82, 2.24) is 0 Å². The first kappa shape index (κ1) is 11.6. The molecule has 0 N–H and O–H groups in total. The molecule has 0 aliphatic carbocycles. The lowest BCUT2D eigenvalue weighted by molar-refractivity contribution is 0.685. The predicted octanol–water partition coefficient (Wildman–Crippen LogP) is 3.55. The molecular weight excluding hydrogens is 262 g/mol. The van der Waals surface area contributed by atoms with Crippen molar-refractivity contribution < 1.29 is 4.21 Å². The number of nitrogens with zero attached hydrogens (tertiary/aromatic N) is 1. The molecule has 0 saturated heterocycles. The van der Waals surface area contributed by atoms with E-state index in [4.69, 9.17) is 16.9 Å². The van der Waals surface area contributed by atoms with Crippen LogP contribution in [-0.4, -0.2) is 9.96 Å². The van der Waals surface area contributed by atoms with Crippen LogP contribution in [0.4, 0.5) is 0 Å². The highest BCUT2D eigenvalue weighted by atomic mass is 35.5. The number of nitriles is 1. The number of rotatable bonds is 2. The highest BCUT2D eigenvalue weighted by Crippen LogP contribution is 2.34. The minimum absolute atomic E-state index is 0.523. The number of halogens is 1. The highest BCUT2D eigenvalue weighted by molar-refractivity contribution is 7.87. The fraction of sp³-hybridized carbons (Fsp3) is 0.182. The van der Waals surface area contributed by atoms with E-state index in [1.807, 2.05) is 13.0 Å². The Bertz CT molecular complexity index is 612. The Morgan fingerprint density at radius 1 is 1.56 bits per heavy atom. The zero-order chi connectivity index (χ0) is 11.7. The molecule has 0 bridgehead atoms. The highest BCUT2D eigenvalue weighted by Gasteiger charge is 2.16. The summed E-state index contributed by atoms with van der Waals surface area (Å²) in [5, 5.41) is 10.6. The van der Waals surface area contributed by atoms with E-state index in [0.717, 1.165) is 10.1 Å². The van der Waals surface area contributed by atoms with Crippen molar-refractivity contribution in [1.29, 1.82) is 5.26 Å². The van der Waals surface area contributed by atoms with Crippen molar-refractivity contribution in [3.63, 3.8) is 0 Å². The molecule has 2 rings (SSSR count). The lowest BCUT2D eigenvalue weighted by atomic mass is 10.2. The van der Waals surface area contributed by atoms with Crippen molar-refractivity contribution in [2.24, 2.45) is 0 Å². The maximum Gasteiger partial charge on any atom is 0.110 e. The van der Waals surface area contributed by atoms with Crippen LogP contribution in [0.15, 0.2) is 22.4 Å². The van der Waals surface area contributed by atoms with Crippen LogP contribution in [-0.2, 0) is 10.8 Å². The Kier molecular flexibility index (Phi) is 3.29. The summed E-state index contributed by atoms with van der Waals surface area (Å²) in [6.07, 6.45) is 0. The molecule has 1 unspecified atom stereocenters. The van der Waals surface area contributed by atoms with Gasteiger partial charge in [-0.15, -0.1) is 11.3 Å². The van der Waals surface area contributed by atoms with Gasteiger partial charge in [0.25, 0.3) is 0 Å². The van der Waals surface area contributed by atoms with Gasteiger partial charge in [-0.1, -0.05) is 24.6 Å². The van der Waals surface area contributed by atoms with E-state index in [0.29, 0.717) is 20.5 Å². The van der Waals surface area contributed by atoms with Crippen LogP contribution < -0.4 is 0 Å². The smallest absolute Gasteiger partial charge is 0.110 e. The Labute approximate surface area is 105 Å². The first-order valence-electron chi connectivity index (χ1n) is 4.68. The first-order valence-corrected chi connectivity index (χ1v) is 7.19. The zero-order valence-electron chi connectivity index (χ0n) is 8.49. The first-order chi connectivity index (χ1) is 7.67. The molecule has 1 aromatic carbocycles. The molecule has 2 aromatic rings. The predicted molar refractivity (Wildman–Crippen MR) is 68.5 cm³/mol. The van der Waals surface area contributed by atoms with Gasteiger partial charge in [0.2, 0.25) is 0 Å². The molecule has 1 heterocycles. The van der Waals surface area contributed by atoms with Crippen LogP contribution in [0.5, 0.6) is 0 Å². The van der Waals surface area contributed by atoms with E-state index < -0.39 is 10.8 Å². The average Bonchev–Trinajstić information content (AvgIpc) is 2.65. The minimum atomic E-state index is -1.09. The largest absolute Gasteiger partial charge is 0.253 e. The van der Waals surface area contributed by atoms with Crippen molar-refractivity contribution in [3.8, 4) is 6.07 Å². The van der Waals surface area contributed by atoms with Crippen molar-refractivity contribution in [3.05, 3.63) is 28.8 Å². The second-order valence-corrected chi connectivity index (χ2v) is 6.57. The van der Waals surface area contributed by atoms with Crippen molar-refractivity contribution in [2.75, 3.05) is 5.75 Å². The SMILES string of the molecule is CCS(=O)c1sc2cc(Cl)ccc2c1C#N. The summed E-state index contributed by atoms with van der Waals surface area (Å²) in [5.41, 5.74) is 0.525. The van der Waals surface area contributed by atoms with E-state index in [1.165, 1.54) is 11.3 Å². The topological polar surface area (TPSA) is 40.9 Å². The molecular formula is C11H8ClNOS2. The monoisotopic (exact) mass is 269 g/mol. The molecule has 0 aliphatic rings. The summed E-state index contributed by atoms with van der Waals surface area (Å²) in [7, 11) is -1.09. The van der Waals surface area contributed by atoms with E-state index in [9.17, 15) is 4.21 Å². The van der Waals surface area contributed by atoms with Gasteiger partial charge >= 0.3 is 0 Å². The maximum absolute atomic E-state index is 11.8. The quantitative estimate of drug-likeness (QED) is 0.836. The standard InChI is InChI=1S/C11H8ClNOS2/c1-2-16(14)11-9(6-13)8-4-3-7(12)5-10(8)15-11/h3-5H,2H2,1H3. The van der Waals surface area contributed by atoms with Crippen LogP contribution >= 0.6 is 22.9 Å². The number of hydrogen-bond acceptors (Lipinski definition) is 3. The molecule has 2 nitrogen and oxygen atoms in total. The normalized spacial score (nSPS) is 12.6. The fourth-order valence-electron chi connectivity index (χ4n) is 1.45. The van der Waals surface area contributed by atoms with Crippen molar-refractivity contribution in [2.45, 2.75) is 11.1 Å². The second-order valence-electron chi connectivity index (χ2n) is 3.15. The molecule has 1 atom stereocenters. The number of thiophene rings is 1. The van der Waals surface area contributed by atoms with E-state index in [2.05, 4.69) is 6.07 Å². The average molecular weight is 270 g/mol. The van der Waals surface area contributed by atoms with Gasteiger partial charge < -0.3 is 0 Å². The van der Waals surface area contributed by atoms with Crippen molar-refractivity contribution >= 4 is 43.8 Å². The van der Waals surface area contributed by atoms with Gasteiger partial charge in [0.05, 0.1) is 16.4 Å². The third-order valence-electron chi connectivity index (χ3n) is 2.20. The van der Waals surface area contributed by atoms with E-state index in [-0.39, 0.29) is 0 Å². The van der Waals surface area contributed by atoms with Gasteiger partial charge in [-0.05, 0) is 12.1 Å². The van der Waals surface area contributed by atoms with Gasteiger partial charge in [-0.3, -0.25) is 4.21 Å². The van der Waals surface area contributed by atoms with Gasteiger partial charge in [0.15, 0.2) is 0 Å². The van der Waals surface area contributed by atoms with Crippen LogP contribution in [0.1, 0.15) is 12.5 Å². The Morgan fingerprint density at radius 3 is 2.94 bits per heavy atom. The molecule has 16 heavy (non-hydrogen) atoms. The van der Waals surface area contributed by atoms with Crippen LogP contribution in [0.2, 0.25) is 5.02 Å². The second kappa shape index (κ2) is 4.54. The Morgan fingerprint density at radius 2 is 2.31 bits per heavy atom. The lowest BCUT2D eigenvalue weighted by Crippen LogP contribution is -1.92. The summed E-state index contributed by atoms with van der Waals surface area (Å²) in [4.78, 5) is 0. The molecule has 1 aromatic heterocycles. The Hall–Kier alpha value is -0.890. The third-order valence-corrected chi connectivity index (χ3v) is 5.33. The molecule has 0 saturated carbocycles. The summed E-state index contributed by atoms with van der Waals surface area (Å²) >= 11 is 7.27. The molecule has 82 valence electrons. The molecule has 0 amide bonds. The van der Waals surface area contributed by atoms with Crippen LogP contribution in [0, 0.1) is 11.3 Å². The van der Waals surface area contributed by atoms with Crippen LogP contribution in [0.25, 0.3) is 10.1 Å². The minimum Gasteiger partial charge on any atom is -0.253 e. The molecule has 0 fully saturated rings. The summed E-state index contributed by atoms with van der Waals surface area (Å²) < 4.78 is 13.4.